The Kier molecular flexibility index (Phi) is 9.34. The molecule has 0 aliphatic carbocycles. The van der Waals surface area contributed by atoms with Crippen LogP contribution in [-0.2, 0) is 20.0 Å². The molecule has 5 rings (SSSR count). The van der Waals surface area contributed by atoms with E-state index in [9.17, 15) is 21.6 Å². The van der Waals surface area contributed by atoms with E-state index in [1.165, 1.54) is 47.3 Å². The lowest BCUT2D eigenvalue weighted by Crippen LogP contribution is -2.53. The maximum atomic E-state index is 13.8. The number of rotatable bonds is 7. The van der Waals surface area contributed by atoms with Gasteiger partial charge < -0.3 is 10.2 Å². The van der Waals surface area contributed by atoms with E-state index in [1.807, 2.05) is 0 Å². The molecular weight excluding hydrogens is 702 g/mol. The van der Waals surface area contributed by atoms with Gasteiger partial charge in [-0.3, -0.25) is 4.79 Å². The van der Waals surface area contributed by atoms with Gasteiger partial charge in [-0.05, 0) is 60.7 Å². The van der Waals surface area contributed by atoms with Crippen LogP contribution in [0, 0.1) is 0 Å². The fourth-order valence-electron chi connectivity index (χ4n) is 3.95. The molecule has 5 aromatic rings. The van der Waals surface area contributed by atoms with Crippen LogP contribution in [0.25, 0.3) is 11.0 Å². The van der Waals surface area contributed by atoms with Crippen molar-refractivity contribution in [2.75, 3.05) is 24.3 Å². The van der Waals surface area contributed by atoms with Gasteiger partial charge in [0.2, 0.25) is 0 Å². The van der Waals surface area contributed by atoms with Gasteiger partial charge in [0.15, 0.2) is 0 Å². The molecule has 232 valence electrons. The molecule has 12 nitrogen and oxygen atoms in total. The zero-order valence-electron chi connectivity index (χ0n) is 23.2. The average molecular weight is 724 g/mol. The Bertz CT molecular complexity index is 2170. The molecule has 0 unspecified atom stereocenters. The predicted molar refractivity (Wildman–Crippen MR) is 177 cm³/mol. The van der Waals surface area contributed by atoms with Crippen LogP contribution < -0.4 is 19.5 Å². The van der Waals surface area contributed by atoms with E-state index in [2.05, 4.69) is 35.8 Å². The highest BCUT2D eigenvalue weighted by molar-refractivity contribution is 7.91. The molecule has 0 fully saturated rings. The number of anilines is 2. The first-order chi connectivity index (χ1) is 21.2. The molecule has 0 radical (unpaired) electrons. The van der Waals surface area contributed by atoms with Crippen molar-refractivity contribution in [2.45, 2.75) is 14.7 Å². The number of carbonyl (C=O) groups is 1. The summed E-state index contributed by atoms with van der Waals surface area (Å²) in [7, 11) is -5.46. The largest absolute Gasteiger partial charge is 0.423 e. The Morgan fingerprint density at radius 3 is 2.33 bits per heavy atom. The molecule has 0 aliphatic rings. The standard InChI is InChI=1S/C27H21Cl2N7O5S4/c1-35(2)17-10-12-36(13-11-17)27(33-44(38,39)18-8-6-16(28)7-9-18)34-45(40,41)24-14-19(20(29)15-23(24)42)26(37)30-21-4-3-5-22-25(21)32-43-31-22/h3-15H,1-2H3,(H2-,30,31,33,34,37,42)/p+1. The summed E-state index contributed by atoms with van der Waals surface area (Å²) in [5.74, 6) is -1.30. The van der Waals surface area contributed by atoms with Crippen LogP contribution in [-0.4, -0.2) is 51.5 Å². The van der Waals surface area contributed by atoms with Crippen LogP contribution in [0.3, 0.4) is 0 Å². The number of aromatic nitrogens is 3. The second-order valence-corrected chi connectivity index (χ2v) is 14.6. The maximum Gasteiger partial charge on any atom is 0.423 e. The molecule has 0 saturated carbocycles. The molecule has 1 amide bonds. The summed E-state index contributed by atoms with van der Waals surface area (Å²) in [5, 5.41) is 2.91. The Balaban J connectivity index is 1.55. The van der Waals surface area contributed by atoms with Crippen LogP contribution in [0.5, 0.6) is 0 Å². The first-order valence-corrected chi connectivity index (χ1v) is 17.5. The molecule has 0 saturated heterocycles. The fourth-order valence-corrected chi connectivity index (χ4v) is 7.63. The van der Waals surface area contributed by atoms with Crippen molar-refractivity contribution in [1.29, 1.82) is 0 Å². The van der Waals surface area contributed by atoms with Crippen LogP contribution >= 0.6 is 47.6 Å². The van der Waals surface area contributed by atoms with Crippen molar-refractivity contribution < 1.29 is 26.2 Å². The van der Waals surface area contributed by atoms with E-state index in [-0.39, 0.29) is 20.4 Å². The van der Waals surface area contributed by atoms with Gasteiger partial charge >= 0.3 is 26.0 Å². The SMILES string of the molecule is CN(C)c1cc[n+](C(=NS(=O)(=O)c2ccc(Cl)cc2)NS(=O)(=O)c2cc(C(=O)Nc3cccc4nsnc34)c(Cl)cc2S)cc1. The van der Waals surface area contributed by atoms with E-state index in [0.717, 1.165) is 23.5 Å². The number of hydrogen-bond donors (Lipinski definition) is 3. The Morgan fingerprint density at radius 2 is 1.67 bits per heavy atom. The number of amides is 1. The zero-order chi connectivity index (χ0) is 32.5. The summed E-state index contributed by atoms with van der Waals surface area (Å²) in [6.45, 7) is 0. The van der Waals surface area contributed by atoms with Gasteiger partial charge in [-0.1, -0.05) is 29.3 Å². The van der Waals surface area contributed by atoms with Gasteiger partial charge in [-0.2, -0.15) is 30.3 Å². The van der Waals surface area contributed by atoms with E-state index < -0.39 is 36.8 Å². The summed E-state index contributed by atoms with van der Waals surface area (Å²) in [6.07, 6.45) is 2.87. The smallest absolute Gasteiger partial charge is 0.377 e. The van der Waals surface area contributed by atoms with Crippen LogP contribution in [0.1, 0.15) is 10.4 Å². The van der Waals surface area contributed by atoms with E-state index >= 15 is 0 Å². The summed E-state index contributed by atoms with van der Waals surface area (Å²) >= 11 is 17.5. The Morgan fingerprint density at radius 1 is 0.978 bits per heavy atom. The number of fused-ring (bicyclic) bond motifs is 1. The summed E-state index contributed by atoms with van der Waals surface area (Å²) < 4.78 is 69.6. The van der Waals surface area contributed by atoms with Gasteiger partial charge in [0.1, 0.15) is 20.8 Å². The molecule has 2 heterocycles. The fraction of sp³-hybridized carbons (Fsp3) is 0.0741. The highest BCUT2D eigenvalue weighted by atomic mass is 35.5. The highest BCUT2D eigenvalue weighted by Crippen LogP contribution is 2.29. The molecular formula is C27H22Cl2N7O5S4+. The number of halogens is 2. The molecule has 0 aliphatic heterocycles. The molecule has 18 heteroatoms. The van der Waals surface area contributed by atoms with Crippen molar-refractivity contribution in [3.63, 3.8) is 0 Å². The van der Waals surface area contributed by atoms with Gasteiger partial charge in [-0.25, -0.2) is 4.57 Å². The third kappa shape index (κ3) is 7.21. The van der Waals surface area contributed by atoms with Gasteiger partial charge in [0, 0.05) is 34.1 Å². The van der Waals surface area contributed by atoms with Crippen molar-refractivity contribution in [3.05, 3.63) is 94.7 Å². The van der Waals surface area contributed by atoms with E-state index in [1.54, 1.807) is 49.3 Å². The summed E-state index contributed by atoms with van der Waals surface area (Å²) in [4.78, 5) is 14.3. The second-order valence-electron chi connectivity index (χ2n) is 9.50. The average Bonchev–Trinajstić information content (AvgIpc) is 3.47. The number of carbonyl (C=O) groups excluding carboxylic acids is 1. The van der Waals surface area contributed by atoms with Gasteiger partial charge in [0.05, 0.1) is 40.4 Å². The van der Waals surface area contributed by atoms with E-state index in [0.29, 0.717) is 21.7 Å². The maximum absolute atomic E-state index is 13.8. The predicted octanol–water partition coefficient (Wildman–Crippen LogP) is 4.46. The topological polar surface area (TPSA) is 155 Å². The van der Waals surface area contributed by atoms with Crippen molar-refractivity contribution >= 4 is 102 Å². The number of thiol groups is 1. The Labute approximate surface area is 278 Å². The molecule has 0 spiro atoms. The van der Waals surface area contributed by atoms with Gasteiger partial charge in [0.25, 0.3) is 5.91 Å². The minimum atomic E-state index is -4.63. The van der Waals surface area contributed by atoms with Crippen molar-refractivity contribution in [1.82, 2.24) is 13.5 Å². The molecule has 0 bridgehead atoms. The monoisotopic (exact) mass is 722 g/mol. The van der Waals surface area contributed by atoms with Crippen LogP contribution in [0.15, 0.2) is 98.2 Å². The lowest BCUT2D eigenvalue weighted by atomic mass is 10.2. The first kappa shape index (κ1) is 32.6. The molecule has 2 N–H and O–H groups in total. The number of sulfonamides is 2. The number of benzene rings is 3. The number of nitrogens with zero attached hydrogens (tertiary/aromatic N) is 5. The minimum absolute atomic E-state index is 0.0760. The quantitative estimate of drug-likeness (QED) is 0.0963. The number of hydrogen-bond acceptors (Lipinski definition) is 10. The zero-order valence-corrected chi connectivity index (χ0v) is 28.1. The number of nitrogens with one attached hydrogen (secondary N) is 2. The van der Waals surface area contributed by atoms with Crippen LogP contribution in [0.2, 0.25) is 10.0 Å². The third-order valence-corrected chi connectivity index (χ3v) is 10.5. The molecule has 3 aromatic carbocycles. The van der Waals surface area contributed by atoms with Crippen molar-refractivity contribution in [3.8, 4) is 0 Å². The minimum Gasteiger partial charge on any atom is -0.377 e. The van der Waals surface area contributed by atoms with Crippen LogP contribution in [0.4, 0.5) is 11.4 Å². The third-order valence-electron chi connectivity index (χ3n) is 6.23. The lowest BCUT2D eigenvalue weighted by Gasteiger charge is -2.13. The van der Waals surface area contributed by atoms with Crippen molar-refractivity contribution in [2.24, 2.45) is 4.40 Å². The summed E-state index contributed by atoms with van der Waals surface area (Å²) in [5.41, 5.74) is 1.93. The first-order valence-electron chi connectivity index (χ1n) is 12.6. The lowest BCUT2D eigenvalue weighted by molar-refractivity contribution is -0.558. The van der Waals surface area contributed by atoms with E-state index in [4.69, 9.17) is 23.2 Å². The Hall–Kier alpha value is -3.80. The molecule has 0 atom stereocenters. The molecule has 45 heavy (non-hydrogen) atoms. The highest BCUT2D eigenvalue weighted by Gasteiger charge is 2.31. The second kappa shape index (κ2) is 12.9. The van der Waals surface area contributed by atoms with Gasteiger partial charge in [-0.15, -0.1) is 12.6 Å². The number of pyridine rings is 1. The molecule has 2 aromatic heterocycles. The normalized spacial score (nSPS) is 12.2. The summed E-state index contributed by atoms with van der Waals surface area (Å²) in [6, 6.07) is 15.7.